The molecular formula is C23H30ClNO3. The molecule has 1 aliphatic heterocycles. The lowest BCUT2D eigenvalue weighted by molar-refractivity contribution is 0.155. The van der Waals surface area contributed by atoms with Crippen LogP contribution in [0.25, 0.3) is 11.1 Å². The van der Waals surface area contributed by atoms with Gasteiger partial charge >= 0.3 is 0 Å². The fraction of sp³-hybridized carbons (Fsp3) is 0.478. The maximum Gasteiger partial charge on any atom is 0.161 e. The summed E-state index contributed by atoms with van der Waals surface area (Å²) in [7, 11) is 3.28. The number of nitrogens with zero attached hydrogens (tertiary/aromatic N) is 1. The summed E-state index contributed by atoms with van der Waals surface area (Å²) in [5.41, 5.74) is 3.28. The van der Waals surface area contributed by atoms with E-state index in [1.54, 1.807) is 20.3 Å². The van der Waals surface area contributed by atoms with Gasteiger partial charge in [0.25, 0.3) is 0 Å². The van der Waals surface area contributed by atoms with Crippen molar-refractivity contribution in [3.8, 4) is 28.4 Å². The van der Waals surface area contributed by atoms with Crippen LogP contribution in [0.5, 0.6) is 17.2 Å². The zero-order chi connectivity index (χ0) is 19.9. The number of methoxy groups -OCH3 is 2. The van der Waals surface area contributed by atoms with Gasteiger partial charge in [0.15, 0.2) is 11.5 Å². The number of benzene rings is 2. The summed E-state index contributed by atoms with van der Waals surface area (Å²) >= 11 is 6.04. The zero-order valence-corrected chi connectivity index (χ0v) is 17.5. The number of piperidine rings is 1. The summed E-state index contributed by atoms with van der Waals surface area (Å²) in [6, 6.07) is 11.9. The molecule has 2 aromatic carbocycles. The Morgan fingerprint density at radius 1 is 1.00 bits per heavy atom. The Morgan fingerprint density at radius 2 is 1.75 bits per heavy atom. The van der Waals surface area contributed by atoms with Gasteiger partial charge in [-0.05, 0) is 79.7 Å². The fourth-order valence-electron chi connectivity index (χ4n) is 4.12. The Bertz CT molecular complexity index is 774. The summed E-state index contributed by atoms with van der Waals surface area (Å²) in [6.07, 6.45) is 5.75. The number of ether oxygens (including phenoxy) is 2. The number of aromatic hydroxyl groups is 1. The molecule has 0 bridgehead atoms. The van der Waals surface area contributed by atoms with Gasteiger partial charge in [0.2, 0.25) is 0 Å². The third kappa shape index (κ3) is 4.73. The van der Waals surface area contributed by atoms with E-state index in [4.69, 9.17) is 21.1 Å². The van der Waals surface area contributed by atoms with Crippen LogP contribution in [0.1, 0.15) is 43.7 Å². The predicted molar refractivity (Wildman–Crippen MR) is 115 cm³/mol. The van der Waals surface area contributed by atoms with E-state index in [9.17, 15) is 5.11 Å². The van der Waals surface area contributed by atoms with Gasteiger partial charge in [-0.25, -0.2) is 0 Å². The van der Waals surface area contributed by atoms with Crippen molar-refractivity contribution in [3.05, 3.63) is 42.0 Å². The summed E-state index contributed by atoms with van der Waals surface area (Å²) in [6.45, 7) is 2.22. The number of hydrogen-bond donors (Lipinski definition) is 1. The number of rotatable bonds is 8. The molecule has 0 amide bonds. The Balaban J connectivity index is 2.05. The summed E-state index contributed by atoms with van der Waals surface area (Å²) in [4.78, 5) is 2.58. The van der Waals surface area contributed by atoms with E-state index in [2.05, 4.69) is 11.0 Å². The highest BCUT2D eigenvalue weighted by Gasteiger charge is 2.25. The minimum atomic E-state index is 0.267. The second-order valence-electron chi connectivity index (χ2n) is 7.28. The van der Waals surface area contributed by atoms with Crippen molar-refractivity contribution in [2.45, 2.75) is 38.1 Å². The van der Waals surface area contributed by atoms with Crippen LogP contribution in [0.15, 0.2) is 36.4 Å². The maximum absolute atomic E-state index is 10.2. The van der Waals surface area contributed by atoms with Gasteiger partial charge in [-0.15, -0.1) is 11.6 Å². The molecule has 3 rings (SSSR count). The first-order chi connectivity index (χ1) is 13.7. The molecule has 152 valence electrons. The van der Waals surface area contributed by atoms with Crippen LogP contribution in [0.4, 0.5) is 0 Å². The van der Waals surface area contributed by atoms with Crippen molar-refractivity contribution in [1.82, 2.24) is 4.90 Å². The molecule has 0 aromatic heterocycles. The quantitative estimate of drug-likeness (QED) is 0.580. The first-order valence-electron chi connectivity index (χ1n) is 10.0. The van der Waals surface area contributed by atoms with E-state index in [-0.39, 0.29) is 5.75 Å². The molecule has 2 aromatic rings. The Labute approximate surface area is 173 Å². The standard InChI is InChI=1S/C23H30ClNO3/c1-27-22-11-8-17(15-23(22)28-2)20-16-18(26)9-10-19(20)21(7-6-12-24)25-13-4-3-5-14-25/h8-11,15-16,21,26H,3-7,12-14H2,1-2H3. The number of phenols is 1. The number of phenolic OH excluding ortho intramolecular Hbond substituents is 1. The second-order valence-corrected chi connectivity index (χ2v) is 7.66. The van der Waals surface area contributed by atoms with Crippen LogP contribution in [-0.4, -0.2) is 43.2 Å². The molecule has 1 unspecified atom stereocenters. The van der Waals surface area contributed by atoms with Gasteiger partial charge in [-0.2, -0.15) is 0 Å². The van der Waals surface area contributed by atoms with Crippen LogP contribution in [0.2, 0.25) is 0 Å². The lowest BCUT2D eigenvalue weighted by Gasteiger charge is -2.36. The van der Waals surface area contributed by atoms with E-state index >= 15 is 0 Å². The summed E-state index contributed by atoms with van der Waals surface area (Å²) in [5.74, 6) is 2.31. The highest BCUT2D eigenvalue weighted by atomic mass is 35.5. The molecule has 1 atom stereocenters. The molecule has 0 saturated carbocycles. The van der Waals surface area contributed by atoms with Crippen molar-refractivity contribution in [3.63, 3.8) is 0 Å². The lowest BCUT2D eigenvalue weighted by atomic mass is 9.90. The van der Waals surface area contributed by atoms with Crippen LogP contribution in [0.3, 0.4) is 0 Å². The number of alkyl halides is 1. The maximum atomic E-state index is 10.2. The molecular weight excluding hydrogens is 374 g/mol. The Hall–Kier alpha value is -1.91. The van der Waals surface area contributed by atoms with Gasteiger partial charge in [-0.3, -0.25) is 4.90 Å². The van der Waals surface area contributed by atoms with Gasteiger partial charge in [0.05, 0.1) is 14.2 Å². The molecule has 4 nitrogen and oxygen atoms in total. The normalized spacial score (nSPS) is 16.0. The molecule has 0 spiro atoms. The molecule has 1 aliphatic rings. The van der Waals surface area contributed by atoms with Crippen LogP contribution < -0.4 is 9.47 Å². The van der Waals surface area contributed by atoms with E-state index in [0.29, 0.717) is 23.4 Å². The smallest absolute Gasteiger partial charge is 0.161 e. The largest absolute Gasteiger partial charge is 0.508 e. The minimum absolute atomic E-state index is 0.267. The average Bonchev–Trinajstić information content (AvgIpc) is 2.75. The lowest BCUT2D eigenvalue weighted by Crippen LogP contribution is -2.34. The monoisotopic (exact) mass is 403 g/mol. The van der Waals surface area contributed by atoms with Crippen LogP contribution >= 0.6 is 11.6 Å². The Morgan fingerprint density at radius 3 is 2.43 bits per heavy atom. The molecule has 0 radical (unpaired) electrons. The number of hydrogen-bond acceptors (Lipinski definition) is 4. The first-order valence-corrected chi connectivity index (χ1v) is 10.6. The van der Waals surface area contributed by atoms with Gasteiger partial charge in [0, 0.05) is 11.9 Å². The topological polar surface area (TPSA) is 41.9 Å². The van der Waals surface area contributed by atoms with Gasteiger partial charge in [0.1, 0.15) is 5.75 Å². The molecule has 1 fully saturated rings. The first kappa shape index (κ1) is 20.8. The van der Waals surface area contributed by atoms with E-state index in [0.717, 1.165) is 37.1 Å². The Kier molecular flexibility index (Phi) is 7.46. The highest BCUT2D eigenvalue weighted by Crippen LogP contribution is 2.40. The summed E-state index contributed by atoms with van der Waals surface area (Å²) in [5, 5.41) is 10.2. The summed E-state index contributed by atoms with van der Waals surface area (Å²) < 4.78 is 10.9. The minimum Gasteiger partial charge on any atom is -0.508 e. The average molecular weight is 404 g/mol. The van der Waals surface area contributed by atoms with E-state index in [1.165, 1.54) is 24.8 Å². The molecule has 1 heterocycles. The predicted octanol–water partition coefficient (Wildman–Crippen LogP) is 5.62. The molecule has 1 N–H and O–H groups in total. The van der Waals surface area contributed by atoms with Crippen molar-refractivity contribution in [2.75, 3.05) is 33.2 Å². The third-order valence-corrected chi connectivity index (χ3v) is 5.80. The van der Waals surface area contributed by atoms with Crippen molar-refractivity contribution >= 4 is 11.6 Å². The third-order valence-electron chi connectivity index (χ3n) is 5.53. The second kappa shape index (κ2) is 10.0. The molecule has 28 heavy (non-hydrogen) atoms. The number of likely N-dealkylation sites (tertiary alicyclic amines) is 1. The molecule has 0 aliphatic carbocycles. The van der Waals surface area contributed by atoms with Gasteiger partial charge < -0.3 is 14.6 Å². The SMILES string of the molecule is COc1ccc(-c2cc(O)ccc2C(CCCCl)N2CCCCC2)cc1OC. The van der Waals surface area contributed by atoms with Crippen LogP contribution in [-0.2, 0) is 0 Å². The molecule has 5 heteroatoms. The number of halogens is 1. The highest BCUT2D eigenvalue weighted by molar-refractivity contribution is 6.17. The fourth-order valence-corrected chi connectivity index (χ4v) is 4.28. The molecule has 1 saturated heterocycles. The van der Waals surface area contributed by atoms with Crippen molar-refractivity contribution in [1.29, 1.82) is 0 Å². The zero-order valence-electron chi connectivity index (χ0n) is 16.8. The van der Waals surface area contributed by atoms with Gasteiger partial charge in [-0.1, -0.05) is 18.6 Å². The van der Waals surface area contributed by atoms with Crippen LogP contribution in [0, 0.1) is 0 Å². The van der Waals surface area contributed by atoms with E-state index < -0.39 is 0 Å². The van der Waals surface area contributed by atoms with E-state index in [1.807, 2.05) is 24.3 Å². The van der Waals surface area contributed by atoms with Crippen molar-refractivity contribution in [2.24, 2.45) is 0 Å². The van der Waals surface area contributed by atoms with Crippen molar-refractivity contribution < 1.29 is 14.6 Å².